The van der Waals surface area contributed by atoms with Crippen molar-refractivity contribution in [3.8, 4) is 0 Å². The molecule has 0 saturated carbocycles. The summed E-state index contributed by atoms with van der Waals surface area (Å²) in [5, 5.41) is 0. The number of para-hydroxylation sites is 1. The number of benzene rings is 1. The molecule has 2 aliphatic heterocycles. The smallest absolute Gasteiger partial charge is 0.256 e. The molecule has 0 aliphatic carbocycles. The fourth-order valence-corrected chi connectivity index (χ4v) is 2.71. The van der Waals surface area contributed by atoms with Gasteiger partial charge in [-0.15, -0.1) is 0 Å². The number of amides is 2. The molecule has 3 rings (SSSR count). The van der Waals surface area contributed by atoms with Gasteiger partial charge in [-0.1, -0.05) is 12.1 Å². The van der Waals surface area contributed by atoms with Gasteiger partial charge in [0.25, 0.3) is 5.91 Å². The predicted octanol–water partition coefficient (Wildman–Crippen LogP) is 1.27. The van der Waals surface area contributed by atoms with Gasteiger partial charge in [0.1, 0.15) is 6.04 Å². The molecule has 2 aliphatic rings. The summed E-state index contributed by atoms with van der Waals surface area (Å²) in [4.78, 5) is 28.0. The van der Waals surface area contributed by atoms with E-state index >= 15 is 0 Å². The van der Waals surface area contributed by atoms with Crippen LogP contribution in [-0.2, 0) is 4.79 Å². The first-order valence-electron chi connectivity index (χ1n) is 5.87. The van der Waals surface area contributed by atoms with Crippen molar-refractivity contribution in [3.05, 3.63) is 29.8 Å². The molecule has 0 aromatic heterocycles. The Kier molecular flexibility index (Phi) is 2.18. The average molecular weight is 230 g/mol. The Morgan fingerprint density at radius 1 is 1.24 bits per heavy atom. The number of nitrogens with zero attached hydrogens (tertiary/aromatic N) is 2. The van der Waals surface area contributed by atoms with E-state index in [1.54, 1.807) is 22.9 Å². The predicted molar refractivity (Wildman–Crippen MR) is 63.9 cm³/mol. The number of fused-ring (bicyclic) bond motifs is 2. The standard InChI is InChI=1S/C13H14N2O2/c1-14-10-6-3-2-5-9(10)12(16)15-8-4-7-11(15)13(14)17/h2-3,5-6,11H,4,7-8H2,1H3/t11-/m0/s1. The summed E-state index contributed by atoms with van der Waals surface area (Å²) in [7, 11) is 1.75. The molecular weight excluding hydrogens is 216 g/mol. The number of rotatable bonds is 0. The van der Waals surface area contributed by atoms with Crippen molar-refractivity contribution in [2.75, 3.05) is 18.5 Å². The first-order chi connectivity index (χ1) is 8.20. The highest BCUT2D eigenvalue weighted by molar-refractivity contribution is 6.10. The van der Waals surface area contributed by atoms with Crippen LogP contribution in [0.2, 0.25) is 0 Å². The minimum atomic E-state index is -0.264. The third-order valence-corrected chi connectivity index (χ3v) is 3.63. The van der Waals surface area contributed by atoms with Crippen LogP contribution in [0.25, 0.3) is 0 Å². The monoisotopic (exact) mass is 230 g/mol. The molecule has 1 aromatic carbocycles. The number of carbonyl (C=O) groups excluding carboxylic acids is 2. The summed E-state index contributed by atoms with van der Waals surface area (Å²) >= 11 is 0. The van der Waals surface area contributed by atoms with Crippen molar-refractivity contribution in [2.24, 2.45) is 0 Å². The topological polar surface area (TPSA) is 40.6 Å². The maximum absolute atomic E-state index is 12.4. The van der Waals surface area contributed by atoms with Crippen LogP contribution in [0.3, 0.4) is 0 Å². The van der Waals surface area contributed by atoms with E-state index in [0.717, 1.165) is 18.5 Å². The molecule has 0 unspecified atom stereocenters. The van der Waals surface area contributed by atoms with Crippen LogP contribution in [0, 0.1) is 0 Å². The first-order valence-corrected chi connectivity index (χ1v) is 5.87. The molecule has 0 radical (unpaired) electrons. The molecule has 1 aromatic rings. The normalized spacial score (nSPS) is 23.5. The summed E-state index contributed by atoms with van der Waals surface area (Å²) < 4.78 is 0. The van der Waals surface area contributed by atoms with Gasteiger partial charge in [0.05, 0.1) is 11.3 Å². The number of likely N-dealkylation sites (N-methyl/N-ethyl adjacent to an activating group) is 1. The second-order valence-corrected chi connectivity index (χ2v) is 4.57. The summed E-state index contributed by atoms with van der Waals surface area (Å²) in [6, 6.07) is 7.05. The molecule has 17 heavy (non-hydrogen) atoms. The summed E-state index contributed by atoms with van der Waals surface area (Å²) in [5.74, 6) is 0.0154. The highest BCUT2D eigenvalue weighted by Gasteiger charge is 2.40. The van der Waals surface area contributed by atoms with Crippen LogP contribution < -0.4 is 4.90 Å². The zero-order valence-electron chi connectivity index (χ0n) is 9.72. The molecule has 2 heterocycles. The van der Waals surface area contributed by atoms with Crippen molar-refractivity contribution in [3.63, 3.8) is 0 Å². The summed E-state index contributed by atoms with van der Waals surface area (Å²) in [6.07, 6.45) is 1.70. The summed E-state index contributed by atoms with van der Waals surface area (Å²) in [5.41, 5.74) is 1.35. The van der Waals surface area contributed by atoms with Crippen molar-refractivity contribution in [1.82, 2.24) is 4.90 Å². The van der Waals surface area contributed by atoms with Gasteiger partial charge in [0, 0.05) is 13.6 Å². The molecule has 88 valence electrons. The lowest BCUT2D eigenvalue weighted by Crippen LogP contribution is -2.43. The maximum Gasteiger partial charge on any atom is 0.256 e. The zero-order valence-corrected chi connectivity index (χ0v) is 9.72. The van der Waals surface area contributed by atoms with Crippen LogP contribution in [0.4, 0.5) is 5.69 Å². The third-order valence-electron chi connectivity index (χ3n) is 3.63. The maximum atomic E-state index is 12.4. The Bertz CT molecular complexity index is 498. The lowest BCUT2D eigenvalue weighted by Gasteiger charge is -2.22. The van der Waals surface area contributed by atoms with Crippen molar-refractivity contribution >= 4 is 17.5 Å². The van der Waals surface area contributed by atoms with E-state index in [1.807, 2.05) is 18.2 Å². The van der Waals surface area contributed by atoms with E-state index in [2.05, 4.69) is 0 Å². The fourth-order valence-electron chi connectivity index (χ4n) is 2.71. The minimum absolute atomic E-state index is 0.0131. The third kappa shape index (κ3) is 1.37. The largest absolute Gasteiger partial charge is 0.327 e. The Morgan fingerprint density at radius 3 is 2.82 bits per heavy atom. The van der Waals surface area contributed by atoms with Gasteiger partial charge in [-0.2, -0.15) is 0 Å². The van der Waals surface area contributed by atoms with Gasteiger partial charge in [-0.05, 0) is 25.0 Å². The van der Waals surface area contributed by atoms with Crippen molar-refractivity contribution in [1.29, 1.82) is 0 Å². The van der Waals surface area contributed by atoms with Gasteiger partial charge in [-0.25, -0.2) is 0 Å². The summed E-state index contributed by atoms with van der Waals surface area (Å²) in [6.45, 7) is 0.692. The average Bonchev–Trinajstić information content (AvgIpc) is 2.82. The van der Waals surface area contributed by atoms with E-state index in [4.69, 9.17) is 0 Å². The molecule has 1 fully saturated rings. The Hall–Kier alpha value is -1.84. The van der Waals surface area contributed by atoms with E-state index in [9.17, 15) is 9.59 Å². The van der Waals surface area contributed by atoms with Crippen LogP contribution in [0.15, 0.2) is 24.3 Å². The quantitative estimate of drug-likeness (QED) is 0.673. The van der Waals surface area contributed by atoms with Gasteiger partial charge < -0.3 is 9.80 Å². The number of carbonyl (C=O) groups is 2. The molecule has 1 atom stereocenters. The Labute approximate surface area is 99.8 Å². The molecule has 2 amide bonds. The molecule has 1 saturated heterocycles. The zero-order chi connectivity index (χ0) is 12.0. The molecule has 4 heteroatoms. The second-order valence-electron chi connectivity index (χ2n) is 4.57. The number of hydrogen-bond acceptors (Lipinski definition) is 2. The van der Waals surface area contributed by atoms with Crippen LogP contribution in [-0.4, -0.2) is 36.3 Å². The van der Waals surface area contributed by atoms with Crippen LogP contribution in [0.5, 0.6) is 0 Å². The van der Waals surface area contributed by atoms with Gasteiger partial charge in [-0.3, -0.25) is 9.59 Å². The van der Waals surface area contributed by atoms with Gasteiger partial charge in [0.15, 0.2) is 0 Å². The van der Waals surface area contributed by atoms with E-state index in [0.29, 0.717) is 12.1 Å². The molecular formula is C13H14N2O2. The van der Waals surface area contributed by atoms with E-state index < -0.39 is 0 Å². The lowest BCUT2D eigenvalue weighted by atomic mass is 10.1. The van der Waals surface area contributed by atoms with Gasteiger partial charge >= 0.3 is 0 Å². The molecule has 0 spiro atoms. The first kappa shape index (κ1) is 10.3. The SMILES string of the molecule is CN1C(=O)[C@@H]2CCCN2C(=O)c2ccccc21. The molecule has 4 nitrogen and oxygen atoms in total. The highest BCUT2D eigenvalue weighted by atomic mass is 16.2. The Balaban J connectivity index is 2.17. The van der Waals surface area contributed by atoms with Crippen molar-refractivity contribution < 1.29 is 9.59 Å². The number of hydrogen-bond donors (Lipinski definition) is 0. The minimum Gasteiger partial charge on any atom is -0.327 e. The lowest BCUT2D eigenvalue weighted by molar-refractivity contribution is -0.121. The van der Waals surface area contributed by atoms with E-state index in [-0.39, 0.29) is 17.9 Å². The fraction of sp³-hybridized carbons (Fsp3) is 0.385. The van der Waals surface area contributed by atoms with Crippen LogP contribution in [0.1, 0.15) is 23.2 Å². The molecule has 0 bridgehead atoms. The van der Waals surface area contributed by atoms with Crippen LogP contribution >= 0.6 is 0 Å². The number of anilines is 1. The second kappa shape index (κ2) is 3.58. The van der Waals surface area contributed by atoms with Crippen molar-refractivity contribution in [2.45, 2.75) is 18.9 Å². The highest BCUT2D eigenvalue weighted by Crippen LogP contribution is 2.31. The Morgan fingerprint density at radius 2 is 2.00 bits per heavy atom. The molecule has 0 N–H and O–H groups in total. The van der Waals surface area contributed by atoms with E-state index in [1.165, 1.54) is 0 Å². The van der Waals surface area contributed by atoms with Gasteiger partial charge in [0.2, 0.25) is 5.91 Å².